The van der Waals surface area contributed by atoms with Crippen LogP contribution < -0.4 is 10.1 Å². The van der Waals surface area contributed by atoms with E-state index in [4.69, 9.17) is 25.6 Å². The van der Waals surface area contributed by atoms with Gasteiger partial charge < -0.3 is 19.3 Å². The summed E-state index contributed by atoms with van der Waals surface area (Å²) in [6.07, 6.45) is 0. The molecule has 0 aliphatic carbocycles. The molecule has 2 rings (SSSR count). The Bertz CT molecular complexity index is 719. The standard InChI is InChI=1S/C14H12ClFN2O5/c1-8-4-13(18-23-8)21-7-14(20)22-6-12(19)17-11-3-2-9(16)5-10(11)15/h2-5H,6-7H2,1H3,(H,17,19). The maximum absolute atomic E-state index is 12.9. The van der Waals surface area contributed by atoms with Crippen LogP contribution in [0.1, 0.15) is 5.76 Å². The Balaban J connectivity index is 1.74. The Morgan fingerprint density at radius 1 is 1.35 bits per heavy atom. The number of nitrogens with zero attached hydrogens (tertiary/aromatic N) is 1. The van der Waals surface area contributed by atoms with E-state index >= 15 is 0 Å². The highest BCUT2D eigenvalue weighted by Crippen LogP contribution is 2.22. The molecule has 9 heteroatoms. The molecule has 2 aromatic rings. The molecule has 0 aliphatic rings. The highest BCUT2D eigenvalue weighted by Gasteiger charge is 2.11. The highest BCUT2D eigenvalue weighted by molar-refractivity contribution is 6.33. The van der Waals surface area contributed by atoms with E-state index in [-0.39, 0.29) is 16.6 Å². The average molecular weight is 343 g/mol. The maximum Gasteiger partial charge on any atom is 0.344 e. The molecule has 0 fully saturated rings. The van der Waals surface area contributed by atoms with Gasteiger partial charge in [-0.3, -0.25) is 4.79 Å². The molecule has 0 radical (unpaired) electrons. The van der Waals surface area contributed by atoms with E-state index in [2.05, 4.69) is 10.5 Å². The lowest BCUT2D eigenvalue weighted by Gasteiger charge is -2.08. The summed E-state index contributed by atoms with van der Waals surface area (Å²) in [5, 5.41) is 5.95. The molecular weight excluding hydrogens is 331 g/mol. The Morgan fingerprint density at radius 2 is 2.13 bits per heavy atom. The highest BCUT2D eigenvalue weighted by atomic mass is 35.5. The number of aryl methyl sites for hydroxylation is 1. The summed E-state index contributed by atoms with van der Waals surface area (Å²) in [5.74, 6) is -1.24. The first-order chi connectivity index (χ1) is 10.9. The van der Waals surface area contributed by atoms with Gasteiger partial charge in [0, 0.05) is 6.07 Å². The summed E-state index contributed by atoms with van der Waals surface area (Å²) >= 11 is 5.76. The summed E-state index contributed by atoms with van der Waals surface area (Å²) in [6, 6.07) is 4.99. The van der Waals surface area contributed by atoms with Crippen LogP contribution in [0.4, 0.5) is 10.1 Å². The van der Waals surface area contributed by atoms with Gasteiger partial charge in [0.2, 0.25) is 0 Å². The topological polar surface area (TPSA) is 90.7 Å². The first-order valence-corrected chi connectivity index (χ1v) is 6.78. The van der Waals surface area contributed by atoms with Crippen LogP contribution in [-0.2, 0) is 14.3 Å². The quantitative estimate of drug-likeness (QED) is 0.810. The zero-order valence-electron chi connectivity index (χ0n) is 12.0. The molecule has 1 N–H and O–H groups in total. The van der Waals surface area contributed by atoms with Gasteiger partial charge in [-0.25, -0.2) is 9.18 Å². The summed E-state index contributed by atoms with van der Waals surface area (Å²) < 4.78 is 27.3. The lowest BCUT2D eigenvalue weighted by molar-refractivity contribution is -0.149. The number of carbonyl (C=O) groups excluding carboxylic acids is 2. The fraction of sp³-hybridized carbons (Fsp3) is 0.214. The molecule has 1 aromatic carbocycles. The molecule has 0 atom stereocenters. The molecule has 0 saturated carbocycles. The van der Waals surface area contributed by atoms with Crippen molar-refractivity contribution >= 4 is 29.2 Å². The van der Waals surface area contributed by atoms with Gasteiger partial charge in [0.05, 0.1) is 10.7 Å². The van der Waals surface area contributed by atoms with Crippen molar-refractivity contribution in [2.24, 2.45) is 0 Å². The number of aromatic nitrogens is 1. The number of benzene rings is 1. The third-order valence-electron chi connectivity index (χ3n) is 2.51. The van der Waals surface area contributed by atoms with Gasteiger partial charge in [-0.15, -0.1) is 0 Å². The van der Waals surface area contributed by atoms with Crippen LogP contribution in [0.2, 0.25) is 5.02 Å². The van der Waals surface area contributed by atoms with Crippen LogP contribution in [-0.4, -0.2) is 30.2 Å². The van der Waals surface area contributed by atoms with Crippen molar-refractivity contribution in [3.05, 3.63) is 40.9 Å². The van der Waals surface area contributed by atoms with Gasteiger partial charge >= 0.3 is 5.97 Å². The Morgan fingerprint density at radius 3 is 2.78 bits per heavy atom. The van der Waals surface area contributed by atoms with E-state index in [1.807, 2.05) is 0 Å². The number of anilines is 1. The van der Waals surface area contributed by atoms with Crippen LogP contribution in [0.5, 0.6) is 5.88 Å². The number of amides is 1. The average Bonchev–Trinajstić information content (AvgIpc) is 2.91. The number of carbonyl (C=O) groups is 2. The molecule has 1 heterocycles. The van der Waals surface area contributed by atoms with Gasteiger partial charge in [0.1, 0.15) is 11.6 Å². The van der Waals surface area contributed by atoms with Crippen molar-refractivity contribution in [2.75, 3.05) is 18.5 Å². The number of rotatable bonds is 6. The van der Waals surface area contributed by atoms with E-state index in [1.54, 1.807) is 6.92 Å². The number of ether oxygens (including phenoxy) is 2. The van der Waals surface area contributed by atoms with Gasteiger partial charge in [-0.1, -0.05) is 11.6 Å². The van der Waals surface area contributed by atoms with Crippen LogP contribution >= 0.6 is 11.6 Å². The van der Waals surface area contributed by atoms with Crippen molar-refractivity contribution in [1.82, 2.24) is 5.16 Å². The molecule has 1 aromatic heterocycles. The maximum atomic E-state index is 12.9. The third-order valence-corrected chi connectivity index (χ3v) is 2.83. The Kier molecular flexibility index (Phi) is 5.53. The van der Waals surface area contributed by atoms with Gasteiger partial charge in [0.25, 0.3) is 11.8 Å². The second-order valence-electron chi connectivity index (χ2n) is 4.40. The van der Waals surface area contributed by atoms with E-state index < -0.39 is 30.9 Å². The summed E-state index contributed by atoms with van der Waals surface area (Å²) in [6.45, 7) is 0.716. The van der Waals surface area contributed by atoms with Crippen LogP contribution in [0.3, 0.4) is 0 Å². The smallest absolute Gasteiger partial charge is 0.344 e. The minimum absolute atomic E-state index is 0.0365. The van der Waals surface area contributed by atoms with Gasteiger partial charge in [-0.05, 0) is 30.3 Å². The minimum Gasteiger partial charge on any atom is -0.463 e. The second-order valence-corrected chi connectivity index (χ2v) is 4.80. The van der Waals surface area contributed by atoms with E-state index in [1.165, 1.54) is 12.1 Å². The van der Waals surface area contributed by atoms with Crippen molar-refractivity contribution in [3.8, 4) is 5.88 Å². The molecular formula is C14H12ClFN2O5. The molecule has 1 amide bonds. The van der Waals surface area contributed by atoms with Crippen molar-refractivity contribution in [1.29, 1.82) is 0 Å². The number of nitrogens with one attached hydrogen (secondary N) is 1. The predicted molar refractivity (Wildman–Crippen MR) is 77.7 cm³/mol. The largest absolute Gasteiger partial charge is 0.463 e. The molecule has 0 unspecified atom stereocenters. The second kappa shape index (κ2) is 7.59. The van der Waals surface area contributed by atoms with Gasteiger partial charge in [0.15, 0.2) is 13.2 Å². The first kappa shape index (κ1) is 16.8. The van der Waals surface area contributed by atoms with Gasteiger partial charge in [-0.2, -0.15) is 0 Å². The van der Waals surface area contributed by atoms with Crippen LogP contribution in [0.25, 0.3) is 0 Å². The SMILES string of the molecule is Cc1cc(OCC(=O)OCC(=O)Nc2ccc(F)cc2Cl)no1. The normalized spacial score (nSPS) is 10.2. The fourth-order valence-electron chi connectivity index (χ4n) is 1.51. The third kappa shape index (κ3) is 5.26. The Hall–Kier alpha value is -2.61. The number of hydrogen-bond donors (Lipinski definition) is 1. The minimum atomic E-state index is -0.758. The number of esters is 1. The number of hydrogen-bond acceptors (Lipinski definition) is 6. The van der Waals surface area contributed by atoms with Crippen molar-refractivity contribution < 1.29 is 28.0 Å². The van der Waals surface area contributed by atoms with E-state index in [0.717, 1.165) is 12.1 Å². The molecule has 0 bridgehead atoms. The molecule has 7 nitrogen and oxygen atoms in total. The van der Waals surface area contributed by atoms with Crippen LogP contribution in [0, 0.1) is 12.7 Å². The number of halogens is 2. The monoisotopic (exact) mass is 342 g/mol. The summed E-state index contributed by atoms with van der Waals surface area (Å²) in [4.78, 5) is 23.1. The molecule has 23 heavy (non-hydrogen) atoms. The zero-order valence-corrected chi connectivity index (χ0v) is 12.7. The summed E-state index contributed by atoms with van der Waals surface area (Å²) in [7, 11) is 0. The lowest BCUT2D eigenvalue weighted by atomic mass is 10.3. The Labute approximate surface area is 135 Å². The first-order valence-electron chi connectivity index (χ1n) is 6.40. The summed E-state index contributed by atoms with van der Waals surface area (Å²) in [5.41, 5.74) is 0.212. The molecule has 122 valence electrons. The predicted octanol–water partition coefficient (Wildman–Crippen LogP) is 2.34. The van der Waals surface area contributed by atoms with Crippen LogP contribution in [0.15, 0.2) is 28.8 Å². The van der Waals surface area contributed by atoms with Crippen molar-refractivity contribution in [2.45, 2.75) is 6.92 Å². The fourth-order valence-corrected chi connectivity index (χ4v) is 1.72. The molecule has 0 saturated heterocycles. The van der Waals surface area contributed by atoms with E-state index in [9.17, 15) is 14.0 Å². The lowest BCUT2D eigenvalue weighted by Crippen LogP contribution is -2.23. The molecule has 0 aliphatic heterocycles. The van der Waals surface area contributed by atoms with Crippen molar-refractivity contribution in [3.63, 3.8) is 0 Å². The van der Waals surface area contributed by atoms with E-state index in [0.29, 0.717) is 5.76 Å². The zero-order chi connectivity index (χ0) is 16.8. The molecule has 0 spiro atoms.